The van der Waals surface area contributed by atoms with Crippen molar-refractivity contribution in [1.82, 2.24) is 10.2 Å². The molecule has 2 fully saturated rings. The number of morpholine rings is 1. The number of nitrogens with one attached hydrogen (secondary N) is 1. The molecular formula is C22H27ClN4O2. The topological polar surface area (TPSA) is 48.1 Å². The second-order valence-corrected chi connectivity index (χ2v) is 7.76. The van der Waals surface area contributed by atoms with Crippen molar-refractivity contribution in [3.8, 4) is 0 Å². The van der Waals surface area contributed by atoms with Crippen LogP contribution in [0.4, 0.5) is 16.2 Å². The largest absolute Gasteiger partial charge is 0.378 e. The predicted molar refractivity (Wildman–Crippen MR) is 117 cm³/mol. The van der Waals surface area contributed by atoms with Crippen LogP contribution in [0, 0.1) is 0 Å². The molecule has 2 aliphatic rings. The lowest BCUT2D eigenvalue weighted by Gasteiger charge is -2.36. The summed E-state index contributed by atoms with van der Waals surface area (Å²) in [6.07, 6.45) is 0. The number of benzene rings is 2. The maximum atomic E-state index is 12.5. The van der Waals surface area contributed by atoms with Crippen LogP contribution in [-0.2, 0) is 11.3 Å². The van der Waals surface area contributed by atoms with E-state index in [0.717, 1.165) is 55.7 Å². The van der Waals surface area contributed by atoms with E-state index in [1.54, 1.807) is 0 Å². The van der Waals surface area contributed by atoms with Crippen molar-refractivity contribution in [3.05, 3.63) is 59.1 Å². The molecule has 2 amide bonds. The van der Waals surface area contributed by atoms with E-state index in [2.05, 4.69) is 39.4 Å². The highest BCUT2D eigenvalue weighted by Crippen LogP contribution is 2.26. The monoisotopic (exact) mass is 414 g/mol. The zero-order chi connectivity index (χ0) is 20.1. The van der Waals surface area contributed by atoms with Crippen LogP contribution in [0.25, 0.3) is 0 Å². The number of urea groups is 1. The van der Waals surface area contributed by atoms with Gasteiger partial charge in [-0.25, -0.2) is 4.79 Å². The first kappa shape index (κ1) is 19.9. The highest BCUT2D eigenvalue weighted by Gasteiger charge is 2.22. The molecule has 0 unspecified atom stereocenters. The average molecular weight is 415 g/mol. The minimum Gasteiger partial charge on any atom is -0.378 e. The SMILES string of the molecule is O=C(NCc1ccc(N2CCOCC2)cc1)N1CCN(c2ccccc2Cl)CC1. The standard InChI is InChI=1S/C22H27ClN4O2/c23-20-3-1-2-4-21(20)26-9-11-27(12-10-26)22(28)24-17-18-5-7-19(8-6-18)25-13-15-29-16-14-25/h1-8H,9-17H2,(H,24,28). The number of ether oxygens (including phenoxy) is 1. The summed E-state index contributed by atoms with van der Waals surface area (Å²) in [4.78, 5) is 19.0. The van der Waals surface area contributed by atoms with Gasteiger partial charge in [0.15, 0.2) is 0 Å². The van der Waals surface area contributed by atoms with Crippen LogP contribution < -0.4 is 15.1 Å². The van der Waals surface area contributed by atoms with Crippen molar-refractivity contribution < 1.29 is 9.53 Å². The molecule has 29 heavy (non-hydrogen) atoms. The van der Waals surface area contributed by atoms with Gasteiger partial charge in [-0.05, 0) is 29.8 Å². The number of amides is 2. The van der Waals surface area contributed by atoms with Gasteiger partial charge in [-0.15, -0.1) is 0 Å². The third kappa shape index (κ3) is 4.95. The molecule has 0 radical (unpaired) electrons. The van der Waals surface area contributed by atoms with Crippen LogP contribution in [0.1, 0.15) is 5.56 Å². The summed E-state index contributed by atoms with van der Waals surface area (Å²) in [5.41, 5.74) is 3.35. The van der Waals surface area contributed by atoms with Crippen LogP contribution in [0.15, 0.2) is 48.5 Å². The predicted octanol–water partition coefficient (Wildman–Crippen LogP) is 3.21. The summed E-state index contributed by atoms with van der Waals surface area (Å²) in [6, 6.07) is 16.2. The average Bonchev–Trinajstić information content (AvgIpc) is 2.79. The molecule has 2 aromatic carbocycles. The number of carbonyl (C=O) groups excluding carboxylic acids is 1. The van der Waals surface area contributed by atoms with Crippen LogP contribution in [-0.4, -0.2) is 63.4 Å². The van der Waals surface area contributed by atoms with Crippen molar-refractivity contribution in [2.75, 3.05) is 62.3 Å². The third-order valence-corrected chi connectivity index (χ3v) is 5.84. The third-order valence-electron chi connectivity index (χ3n) is 5.52. The summed E-state index contributed by atoms with van der Waals surface area (Å²) >= 11 is 6.29. The molecule has 0 bridgehead atoms. The Hall–Kier alpha value is -2.44. The van der Waals surface area contributed by atoms with Crippen molar-refractivity contribution in [2.24, 2.45) is 0 Å². The number of para-hydroxylation sites is 1. The highest BCUT2D eigenvalue weighted by molar-refractivity contribution is 6.33. The second-order valence-electron chi connectivity index (χ2n) is 7.35. The molecule has 1 N–H and O–H groups in total. The van der Waals surface area contributed by atoms with E-state index in [1.165, 1.54) is 5.69 Å². The molecule has 2 aliphatic heterocycles. The van der Waals surface area contributed by atoms with E-state index in [-0.39, 0.29) is 6.03 Å². The van der Waals surface area contributed by atoms with Gasteiger partial charge in [0, 0.05) is 51.5 Å². The first-order valence-corrected chi connectivity index (χ1v) is 10.5. The van der Waals surface area contributed by atoms with Crippen molar-refractivity contribution in [3.63, 3.8) is 0 Å². The number of rotatable bonds is 4. The van der Waals surface area contributed by atoms with Crippen LogP contribution in [0.3, 0.4) is 0 Å². The number of nitrogens with zero attached hydrogens (tertiary/aromatic N) is 3. The smallest absolute Gasteiger partial charge is 0.317 e. The number of hydrogen-bond acceptors (Lipinski definition) is 4. The van der Waals surface area contributed by atoms with Gasteiger partial charge in [-0.3, -0.25) is 0 Å². The lowest BCUT2D eigenvalue weighted by molar-refractivity contribution is 0.122. The van der Waals surface area contributed by atoms with Crippen LogP contribution in [0.2, 0.25) is 5.02 Å². The van der Waals surface area contributed by atoms with Gasteiger partial charge >= 0.3 is 6.03 Å². The fraction of sp³-hybridized carbons (Fsp3) is 0.409. The lowest BCUT2D eigenvalue weighted by Crippen LogP contribution is -2.51. The Kier molecular flexibility index (Phi) is 6.42. The van der Waals surface area contributed by atoms with Crippen molar-refractivity contribution >= 4 is 29.0 Å². The van der Waals surface area contributed by atoms with Crippen molar-refractivity contribution in [2.45, 2.75) is 6.54 Å². The minimum atomic E-state index is -0.0129. The van der Waals surface area contributed by atoms with Gasteiger partial charge in [-0.2, -0.15) is 0 Å². The zero-order valence-electron chi connectivity index (χ0n) is 16.5. The fourth-order valence-corrected chi connectivity index (χ4v) is 4.05. The van der Waals surface area contributed by atoms with E-state index >= 15 is 0 Å². The van der Waals surface area contributed by atoms with E-state index in [4.69, 9.17) is 16.3 Å². The van der Waals surface area contributed by atoms with Gasteiger partial charge in [0.1, 0.15) is 0 Å². The van der Waals surface area contributed by atoms with Gasteiger partial charge in [0.2, 0.25) is 0 Å². The Morgan fingerprint density at radius 1 is 0.897 bits per heavy atom. The second kappa shape index (κ2) is 9.37. The summed E-state index contributed by atoms with van der Waals surface area (Å²) in [6.45, 7) is 6.89. The van der Waals surface area contributed by atoms with Gasteiger partial charge in [0.25, 0.3) is 0 Å². The number of carbonyl (C=O) groups is 1. The van der Waals surface area contributed by atoms with E-state index in [1.807, 2.05) is 29.2 Å². The molecule has 4 rings (SSSR count). The number of halogens is 1. The lowest BCUT2D eigenvalue weighted by atomic mass is 10.2. The molecule has 7 heteroatoms. The first-order valence-electron chi connectivity index (χ1n) is 10.1. The molecular weight excluding hydrogens is 388 g/mol. The first-order chi connectivity index (χ1) is 14.2. The summed E-state index contributed by atoms with van der Waals surface area (Å²) < 4.78 is 5.40. The summed E-state index contributed by atoms with van der Waals surface area (Å²) in [5, 5.41) is 3.80. The van der Waals surface area contributed by atoms with E-state index in [0.29, 0.717) is 19.6 Å². The van der Waals surface area contributed by atoms with Crippen LogP contribution in [0.5, 0.6) is 0 Å². The molecule has 6 nitrogen and oxygen atoms in total. The Labute approximate surface area is 177 Å². The van der Waals surface area contributed by atoms with Gasteiger partial charge in [-0.1, -0.05) is 35.9 Å². The highest BCUT2D eigenvalue weighted by atomic mass is 35.5. The molecule has 0 aromatic heterocycles. The molecule has 2 heterocycles. The number of piperazine rings is 1. The minimum absolute atomic E-state index is 0.0129. The number of hydrogen-bond donors (Lipinski definition) is 1. The van der Waals surface area contributed by atoms with E-state index < -0.39 is 0 Å². The summed E-state index contributed by atoms with van der Waals surface area (Å²) in [7, 11) is 0. The summed E-state index contributed by atoms with van der Waals surface area (Å²) in [5.74, 6) is 0. The molecule has 154 valence electrons. The quantitative estimate of drug-likeness (QED) is 0.834. The molecule has 0 spiro atoms. The molecule has 2 saturated heterocycles. The van der Waals surface area contributed by atoms with Crippen LogP contribution >= 0.6 is 11.6 Å². The maximum Gasteiger partial charge on any atom is 0.317 e. The molecule has 0 saturated carbocycles. The molecule has 0 aliphatic carbocycles. The normalized spacial score (nSPS) is 17.3. The van der Waals surface area contributed by atoms with Gasteiger partial charge < -0.3 is 24.8 Å². The fourth-order valence-electron chi connectivity index (χ4n) is 3.79. The maximum absolute atomic E-state index is 12.5. The Morgan fingerprint density at radius 2 is 1.59 bits per heavy atom. The Balaban J connectivity index is 1.24. The molecule has 0 atom stereocenters. The van der Waals surface area contributed by atoms with E-state index in [9.17, 15) is 4.79 Å². The number of anilines is 2. The Morgan fingerprint density at radius 3 is 2.28 bits per heavy atom. The molecule has 2 aromatic rings. The Bertz CT molecular complexity index is 816. The van der Waals surface area contributed by atoms with Gasteiger partial charge in [0.05, 0.1) is 23.9 Å². The van der Waals surface area contributed by atoms with Crippen molar-refractivity contribution in [1.29, 1.82) is 0 Å². The zero-order valence-corrected chi connectivity index (χ0v) is 17.3.